The summed E-state index contributed by atoms with van der Waals surface area (Å²) in [4.78, 5) is 9.95. The summed E-state index contributed by atoms with van der Waals surface area (Å²) < 4.78 is 0. The zero-order chi connectivity index (χ0) is 9.52. The van der Waals surface area contributed by atoms with Crippen molar-refractivity contribution in [1.82, 2.24) is 0 Å². The van der Waals surface area contributed by atoms with Crippen LogP contribution in [0.15, 0.2) is 36.9 Å². The second kappa shape index (κ2) is 7.91. The maximum absolute atomic E-state index is 9.95. The van der Waals surface area contributed by atoms with E-state index in [2.05, 4.69) is 6.58 Å². The van der Waals surface area contributed by atoms with Crippen molar-refractivity contribution in [3.63, 3.8) is 0 Å². The topological polar surface area (TPSA) is 17.1 Å². The Morgan fingerprint density at radius 1 is 1.36 bits per heavy atom. The predicted molar refractivity (Wildman–Crippen MR) is 54.7 cm³/mol. The summed E-state index contributed by atoms with van der Waals surface area (Å²) in [6, 6.07) is 9.92. The zero-order valence-corrected chi connectivity index (χ0v) is 12.2. The smallest absolute Gasteiger partial charge is 0.542 e. The molecule has 2 heteroatoms. The molecule has 1 aromatic carbocycles. The number of benzene rings is 1. The van der Waals surface area contributed by atoms with Crippen LogP contribution in [0.2, 0.25) is 0 Å². The third-order valence-corrected chi connectivity index (χ3v) is 1.78. The van der Waals surface area contributed by atoms with Crippen LogP contribution in [0.1, 0.15) is 18.4 Å². The van der Waals surface area contributed by atoms with E-state index < -0.39 is 0 Å². The molecule has 0 N–H and O–H groups in total. The number of rotatable bonds is 5. The van der Waals surface area contributed by atoms with E-state index in [1.807, 2.05) is 43.0 Å². The minimum atomic E-state index is 0. The first kappa shape index (κ1) is 13.6. The summed E-state index contributed by atoms with van der Waals surface area (Å²) in [7, 11) is 0. The van der Waals surface area contributed by atoms with Gasteiger partial charge in [0.05, 0.1) is 0 Å². The molecule has 0 amide bonds. The van der Waals surface area contributed by atoms with Crippen LogP contribution >= 0.6 is 0 Å². The number of unbranched alkanes of at least 4 members (excludes halogenated alkanes) is 1. The molecule has 70 valence electrons. The summed E-state index contributed by atoms with van der Waals surface area (Å²) in [6.07, 6.45) is 4.98. The predicted octanol–water partition coefficient (Wildman–Crippen LogP) is 2.79. The molecule has 0 atom stereocenters. The van der Waals surface area contributed by atoms with Gasteiger partial charge in [0.2, 0.25) is 0 Å². The van der Waals surface area contributed by atoms with E-state index in [0.717, 1.165) is 17.6 Å². The number of allylic oxidation sites excluding steroid dienone is 1. The SMILES string of the molecule is C=C([CH-]CC[C-]=O)c1ccccc1.[U+2]. The Bertz CT molecular complexity index is 280. The van der Waals surface area contributed by atoms with Gasteiger partial charge in [-0.15, -0.1) is 24.1 Å². The fourth-order valence-electron chi connectivity index (χ4n) is 1.08. The van der Waals surface area contributed by atoms with Crippen LogP contribution in [0.25, 0.3) is 5.57 Å². The minimum Gasteiger partial charge on any atom is -0.542 e. The van der Waals surface area contributed by atoms with Crippen molar-refractivity contribution in [3.05, 3.63) is 48.9 Å². The maximum atomic E-state index is 9.95. The van der Waals surface area contributed by atoms with Gasteiger partial charge in [-0.05, 0) is 0 Å². The molecule has 0 fully saturated rings. The van der Waals surface area contributed by atoms with Crippen LogP contribution in [0.3, 0.4) is 0 Å². The molecule has 0 aliphatic rings. The van der Waals surface area contributed by atoms with E-state index in [1.54, 1.807) is 0 Å². The Balaban J connectivity index is 0.00000169. The maximum Gasteiger partial charge on any atom is 2.00 e. The first-order chi connectivity index (χ1) is 6.34. The average molecular weight is 410 g/mol. The monoisotopic (exact) mass is 410 g/mol. The van der Waals surface area contributed by atoms with Gasteiger partial charge in [0.1, 0.15) is 0 Å². The Morgan fingerprint density at radius 2 is 2.00 bits per heavy atom. The molecule has 0 bridgehead atoms. The average Bonchev–Trinajstić information content (AvgIpc) is 2.19. The second-order valence-electron chi connectivity index (χ2n) is 2.78. The molecule has 0 heterocycles. The molecule has 1 aromatic rings. The number of carbonyl (C=O) groups excluding carboxylic acids is 1. The van der Waals surface area contributed by atoms with Crippen LogP contribution in [-0.2, 0) is 4.79 Å². The van der Waals surface area contributed by atoms with E-state index in [1.165, 1.54) is 0 Å². The zero-order valence-electron chi connectivity index (χ0n) is 7.99. The Labute approximate surface area is 109 Å². The van der Waals surface area contributed by atoms with E-state index in [-0.39, 0.29) is 31.1 Å². The van der Waals surface area contributed by atoms with Crippen LogP contribution in [-0.4, -0.2) is 6.29 Å². The van der Waals surface area contributed by atoms with E-state index in [9.17, 15) is 4.79 Å². The quantitative estimate of drug-likeness (QED) is 0.539. The molecule has 0 aliphatic carbocycles. The molecule has 0 unspecified atom stereocenters. The standard InChI is InChI=1S/C12H12O.U/c1-11(7-5-6-10-13)12-8-3-2-4-9-12;/h2-4,7-9H,1,5-6H2;/q-2;+2. The fraction of sp³-hybridized carbons (Fsp3) is 0.167. The van der Waals surface area contributed by atoms with Crippen molar-refractivity contribution in [2.75, 3.05) is 0 Å². The summed E-state index contributed by atoms with van der Waals surface area (Å²) in [5.74, 6) is 0. The second-order valence-corrected chi connectivity index (χ2v) is 2.78. The van der Waals surface area contributed by atoms with Gasteiger partial charge in [0.15, 0.2) is 0 Å². The Kier molecular flexibility index (Phi) is 7.66. The van der Waals surface area contributed by atoms with Gasteiger partial charge >= 0.3 is 31.1 Å². The molecule has 0 saturated carbocycles. The summed E-state index contributed by atoms with van der Waals surface area (Å²) in [5, 5.41) is 0. The fourth-order valence-corrected chi connectivity index (χ4v) is 1.08. The Hall–Kier alpha value is -0.448. The Morgan fingerprint density at radius 3 is 2.57 bits per heavy atom. The van der Waals surface area contributed by atoms with Crippen molar-refractivity contribution in [1.29, 1.82) is 0 Å². The molecule has 14 heavy (non-hydrogen) atoms. The van der Waals surface area contributed by atoms with Gasteiger partial charge in [-0.25, -0.2) is 0 Å². The first-order valence-electron chi connectivity index (χ1n) is 4.27. The number of hydrogen-bond donors (Lipinski definition) is 0. The third-order valence-electron chi connectivity index (χ3n) is 1.78. The molecule has 0 spiro atoms. The van der Waals surface area contributed by atoms with Gasteiger partial charge in [0.25, 0.3) is 0 Å². The largest absolute Gasteiger partial charge is 2.00 e. The van der Waals surface area contributed by atoms with Gasteiger partial charge in [-0.3, -0.25) is 6.29 Å². The van der Waals surface area contributed by atoms with Crippen molar-refractivity contribution in [3.8, 4) is 0 Å². The van der Waals surface area contributed by atoms with Crippen molar-refractivity contribution >= 4 is 11.9 Å². The van der Waals surface area contributed by atoms with E-state index in [4.69, 9.17) is 0 Å². The van der Waals surface area contributed by atoms with Gasteiger partial charge in [0, 0.05) is 0 Å². The van der Waals surface area contributed by atoms with Crippen LogP contribution < -0.4 is 0 Å². The van der Waals surface area contributed by atoms with Crippen molar-refractivity contribution < 1.29 is 35.9 Å². The third kappa shape index (κ3) is 4.69. The molecule has 0 aromatic heterocycles. The molecule has 0 saturated heterocycles. The van der Waals surface area contributed by atoms with Gasteiger partial charge < -0.3 is 4.79 Å². The molecule has 1 rings (SSSR count). The van der Waals surface area contributed by atoms with Crippen LogP contribution in [0, 0.1) is 37.5 Å². The van der Waals surface area contributed by atoms with Crippen LogP contribution in [0.5, 0.6) is 0 Å². The molecular formula is C12H12OU. The van der Waals surface area contributed by atoms with Crippen molar-refractivity contribution in [2.45, 2.75) is 12.8 Å². The number of hydrogen-bond acceptors (Lipinski definition) is 1. The minimum absolute atomic E-state index is 0. The van der Waals surface area contributed by atoms with Crippen molar-refractivity contribution in [2.24, 2.45) is 0 Å². The summed E-state index contributed by atoms with van der Waals surface area (Å²) in [6.45, 7) is 3.91. The molecule has 0 radical (unpaired) electrons. The van der Waals surface area contributed by atoms with Crippen LogP contribution in [0.4, 0.5) is 0 Å². The van der Waals surface area contributed by atoms with Gasteiger partial charge in [-0.1, -0.05) is 18.2 Å². The summed E-state index contributed by atoms with van der Waals surface area (Å²) >= 11 is 0. The summed E-state index contributed by atoms with van der Waals surface area (Å²) in [5.41, 5.74) is 2.07. The normalized spacial score (nSPS) is 8.57. The molecule has 0 aliphatic heterocycles. The van der Waals surface area contributed by atoms with Gasteiger partial charge in [-0.2, -0.15) is 25.0 Å². The molecule has 1 nitrogen and oxygen atoms in total. The van der Waals surface area contributed by atoms with E-state index >= 15 is 0 Å². The molecular weight excluding hydrogens is 398 g/mol. The first-order valence-corrected chi connectivity index (χ1v) is 4.27. The van der Waals surface area contributed by atoms with E-state index in [0.29, 0.717) is 6.42 Å².